The van der Waals surface area contributed by atoms with Gasteiger partial charge in [-0.25, -0.2) is 0 Å². The molecule has 2 amide bonds. The van der Waals surface area contributed by atoms with E-state index in [4.69, 9.17) is 0 Å². The van der Waals surface area contributed by atoms with E-state index >= 15 is 0 Å². The van der Waals surface area contributed by atoms with Crippen molar-refractivity contribution in [3.05, 3.63) is 0 Å². The van der Waals surface area contributed by atoms with E-state index < -0.39 is 30.0 Å². The fourth-order valence-corrected chi connectivity index (χ4v) is 3.48. The highest BCUT2D eigenvalue weighted by Crippen LogP contribution is 2.38. The average Bonchev–Trinajstić information content (AvgIpc) is 2.86. The summed E-state index contributed by atoms with van der Waals surface area (Å²) < 4.78 is 39.3. The van der Waals surface area contributed by atoms with Crippen LogP contribution in [0.25, 0.3) is 0 Å². The topological polar surface area (TPSA) is 52.6 Å². The van der Waals surface area contributed by atoms with Gasteiger partial charge in [-0.2, -0.15) is 13.2 Å². The zero-order chi connectivity index (χ0) is 17.9. The van der Waals surface area contributed by atoms with E-state index in [-0.39, 0.29) is 18.7 Å². The molecular weight excluding hydrogens is 323 g/mol. The van der Waals surface area contributed by atoms with Gasteiger partial charge in [0.2, 0.25) is 11.8 Å². The Bertz CT molecular complexity index is 468. The van der Waals surface area contributed by atoms with Crippen LogP contribution in [0.15, 0.2) is 0 Å². The van der Waals surface area contributed by atoms with Crippen LogP contribution >= 0.6 is 0 Å². The van der Waals surface area contributed by atoms with Crippen molar-refractivity contribution in [1.29, 1.82) is 0 Å². The Morgan fingerprint density at radius 1 is 1.29 bits per heavy atom. The van der Waals surface area contributed by atoms with Gasteiger partial charge in [-0.3, -0.25) is 9.59 Å². The molecule has 2 rings (SSSR count). The molecule has 138 valence electrons. The first-order chi connectivity index (χ1) is 11.2. The zero-order valence-electron chi connectivity index (χ0n) is 14.2. The van der Waals surface area contributed by atoms with Crippen LogP contribution in [0.4, 0.5) is 13.2 Å². The van der Waals surface area contributed by atoms with Crippen molar-refractivity contribution in [3.63, 3.8) is 0 Å². The standard InChI is InChI=1S/C16H26F3N3O2/c1-21(2)7-8-22-10-11(9-14(22)23)15(24)20-13-6-4-3-5-12(13)16(17,18)19/h11-13H,3-10H2,1-2H3,(H,20,24)/t11-,12-,13-/m1/s1. The number of halogens is 3. The molecule has 0 bridgehead atoms. The Morgan fingerprint density at radius 3 is 2.58 bits per heavy atom. The normalized spacial score (nSPS) is 28.5. The van der Waals surface area contributed by atoms with Gasteiger partial charge >= 0.3 is 6.18 Å². The zero-order valence-corrected chi connectivity index (χ0v) is 14.2. The molecule has 1 aliphatic carbocycles. The van der Waals surface area contributed by atoms with Crippen LogP contribution in [0.1, 0.15) is 32.1 Å². The summed E-state index contributed by atoms with van der Waals surface area (Å²) in [5, 5.41) is 2.58. The number of carbonyl (C=O) groups is 2. The number of nitrogens with zero attached hydrogens (tertiary/aromatic N) is 2. The van der Waals surface area contributed by atoms with E-state index in [1.807, 2.05) is 19.0 Å². The van der Waals surface area contributed by atoms with Gasteiger partial charge < -0.3 is 15.1 Å². The molecule has 1 N–H and O–H groups in total. The number of rotatable bonds is 5. The maximum absolute atomic E-state index is 13.1. The summed E-state index contributed by atoms with van der Waals surface area (Å²) in [6.45, 7) is 1.52. The van der Waals surface area contributed by atoms with Crippen molar-refractivity contribution in [2.45, 2.75) is 44.3 Å². The van der Waals surface area contributed by atoms with Gasteiger partial charge in [-0.1, -0.05) is 12.8 Å². The smallest absolute Gasteiger partial charge is 0.352 e. The molecule has 1 heterocycles. The van der Waals surface area contributed by atoms with E-state index in [0.29, 0.717) is 38.9 Å². The Labute approximate surface area is 140 Å². The van der Waals surface area contributed by atoms with Crippen molar-refractivity contribution in [1.82, 2.24) is 15.1 Å². The molecule has 0 aromatic heterocycles. The van der Waals surface area contributed by atoms with Gasteiger partial charge in [0.1, 0.15) is 0 Å². The number of amides is 2. The van der Waals surface area contributed by atoms with Crippen molar-refractivity contribution >= 4 is 11.8 Å². The first-order valence-electron chi connectivity index (χ1n) is 8.48. The van der Waals surface area contributed by atoms with E-state index in [2.05, 4.69) is 5.32 Å². The Balaban J connectivity index is 1.91. The number of alkyl halides is 3. The summed E-state index contributed by atoms with van der Waals surface area (Å²) in [6.07, 6.45) is -2.56. The molecule has 0 radical (unpaired) electrons. The number of likely N-dealkylation sites (tertiary alicyclic amines) is 1. The van der Waals surface area contributed by atoms with Gasteiger partial charge in [0, 0.05) is 32.1 Å². The Hall–Kier alpha value is -1.31. The van der Waals surface area contributed by atoms with Gasteiger partial charge in [-0.05, 0) is 26.9 Å². The SMILES string of the molecule is CN(C)CCN1C[C@H](C(=O)N[C@@H]2CCCC[C@H]2C(F)(F)F)CC1=O. The molecule has 2 aliphatic rings. The summed E-state index contributed by atoms with van der Waals surface area (Å²) >= 11 is 0. The number of nitrogens with one attached hydrogen (secondary N) is 1. The molecule has 0 aromatic rings. The summed E-state index contributed by atoms with van der Waals surface area (Å²) in [5.74, 6) is -2.54. The van der Waals surface area contributed by atoms with Crippen LogP contribution in [-0.2, 0) is 9.59 Å². The molecule has 1 saturated heterocycles. The molecule has 24 heavy (non-hydrogen) atoms. The maximum atomic E-state index is 13.1. The molecule has 3 atom stereocenters. The quantitative estimate of drug-likeness (QED) is 0.821. The minimum Gasteiger partial charge on any atom is -0.352 e. The number of likely N-dealkylation sites (N-methyl/N-ethyl adjacent to an activating group) is 1. The van der Waals surface area contributed by atoms with E-state index in [1.54, 1.807) is 4.90 Å². The second kappa shape index (κ2) is 7.72. The highest BCUT2D eigenvalue weighted by molar-refractivity contribution is 5.89. The summed E-state index contributed by atoms with van der Waals surface area (Å²) in [6, 6.07) is -0.864. The predicted molar refractivity (Wildman–Crippen MR) is 83.2 cm³/mol. The summed E-state index contributed by atoms with van der Waals surface area (Å²) in [5.41, 5.74) is 0. The number of hydrogen-bond acceptors (Lipinski definition) is 3. The van der Waals surface area contributed by atoms with Crippen molar-refractivity contribution in [3.8, 4) is 0 Å². The number of hydrogen-bond donors (Lipinski definition) is 1. The summed E-state index contributed by atoms with van der Waals surface area (Å²) in [4.78, 5) is 27.9. The fourth-order valence-electron chi connectivity index (χ4n) is 3.48. The molecule has 8 heteroatoms. The van der Waals surface area contributed by atoms with Crippen molar-refractivity contribution < 1.29 is 22.8 Å². The Morgan fingerprint density at radius 2 is 1.96 bits per heavy atom. The monoisotopic (exact) mass is 349 g/mol. The van der Waals surface area contributed by atoms with Gasteiger partial charge in [0.25, 0.3) is 0 Å². The van der Waals surface area contributed by atoms with Crippen LogP contribution < -0.4 is 5.32 Å². The van der Waals surface area contributed by atoms with Crippen LogP contribution in [-0.4, -0.2) is 67.6 Å². The fraction of sp³-hybridized carbons (Fsp3) is 0.875. The molecule has 1 saturated carbocycles. The molecule has 1 aliphatic heterocycles. The molecule has 2 fully saturated rings. The third-order valence-electron chi connectivity index (χ3n) is 4.92. The highest BCUT2D eigenvalue weighted by Gasteiger charge is 2.46. The van der Waals surface area contributed by atoms with Crippen LogP contribution in [0, 0.1) is 11.8 Å². The van der Waals surface area contributed by atoms with Gasteiger partial charge in [-0.15, -0.1) is 0 Å². The van der Waals surface area contributed by atoms with Gasteiger partial charge in [0.05, 0.1) is 11.8 Å². The lowest BCUT2D eigenvalue weighted by atomic mass is 9.83. The highest BCUT2D eigenvalue weighted by atomic mass is 19.4. The van der Waals surface area contributed by atoms with E-state index in [1.165, 1.54) is 0 Å². The lowest BCUT2D eigenvalue weighted by Gasteiger charge is -2.34. The average molecular weight is 349 g/mol. The third-order valence-corrected chi connectivity index (χ3v) is 4.92. The molecule has 0 aromatic carbocycles. The first kappa shape index (κ1) is 19.0. The predicted octanol–water partition coefficient (Wildman–Crippen LogP) is 1.63. The van der Waals surface area contributed by atoms with Crippen LogP contribution in [0.2, 0.25) is 0 Å². The first-order valence-corrected chi connectivity index (χ1v) is 8.48. The minimum absolute atomic E-state index is 0.0625. The lowest BCUT2D eigenvalue weighted by Crippen LogP contribution is -2.49. The molecule has 0 spiro atoms. The maximum Gasteiger partial charge on any atom is 0.393 e. The molecule has 5 nitrogen and oxygen atoms in total. The largest absolute Gasteiger partial charge is 0.393 e. The van der Waals surface area contributed by atoms with E-state index in [0.717, 1.165) is 0 Å². The minimum atomic E-state index is -4.29. The Kier molecular flexibility index (Phi) is 6.11. The summed E-state index contributed by atoms with van der Waals surface area (Å²) in [7, 11) is 3.79. The van der Waals surface area contributed by atoms with Crippen LogP contribution in [0.5, 0.6) is 0 Å². The van der Waals surface area contributed by atoms with Crippen molar-refractivity contribution in [2.24, 2.45) is 11.8 Å². The van der Waals surface area contributed by atoms with Crippen LogP contribution in [0.3, 0.4) is 0 Å². The number of carbonyl (C=O) groups excluding carboxylic acids is 2. The molecule has 0 unspecified atom stereocenters. The van der Waals surface area contributed by atoms with Gasteiger partial charge in [0.15, 0.2) is 0 Å². The van der Waals surface area contributed by atoms with Crippen molar-refractivity contribution in [2.75, 3.05) is 33.7 Å². The van der Waals surface area contributed by atoms with E-state index in [9.17, 15) is 22.8 Å². The second-order valence-electron chi connectivity index (χ2n) is 7.09. The third kappa shape index (κ3) is 4.84. The second-order valence-corrected chi connectivity index (χ2v) is 7.09. The molecular formula is C16H26F3N3O2. The lowest BCUT2D eigenvalue weighted by molar-refractivity contribution is -0.189.